The lowest BCUT2D eigenvalue weighted by molar-refractivity contribution is 0.353. The van der Waals surface area contributed by atoms with E-state index in [9.17, 15) is 0 Å². The summed E-state index contributed by atoms with van der Waals surface area (Å²) in [6, 6.07) is 12.0. The van der Waals surface area contributed by atoms with E-state index in [1.807, 2.05) is 43.5 Å². The number of pyridine rings is 1. The lowest BCUT2D eigenvalue weighted by Gasteiger charge is -2.07. The summed E-state index contributed by atoms with van der Waals surface area (Å²) in [6.07, 6.45) is 2.00. The number of imidazole rings is 1. The van der Waals surface area contributed by atoms with Gasteiger partial charge in [0, 0.05) is 11.8 Å². The maximum Gasteiger partial charge on any atom is 0.140 e. The van der Waals surface area contributed by atoms with Gasteiger partial charge < -0.3 is 9.14 Å². The Morgan fingerprint density at radius 1 is 1.26 bits per heavy atom. The van der Waals surface area contributed by atoms with Crippen LogP contribution in [0.2, 0.25) is 0 Å². The average Bonchev–Trinajstić information content (AvgIpc) is 2.93. The van der Waals surface area contributed by atoms with Crippen molar-refractivity contribution >= 4 is 17.2 Å². The number of rotatable bonds is 5. The fraction of sp³-hybridized carbons (Fsp3) is 0.211. The van der Waals surface area contributed by atoms with Gasteiger partial charge in [0.15, 0.2) is 0 Å². The molecule has 2 heterocycles. The van der Waals surface area contributed by atoms with E-state index in [4.69, 9.17) is 21.3 Å². The van der Waals surface area contributed by atoms with Crippen LogP contribution < -0.4 is 4.74 Å². The smallest absolute Gasteiger partial charge is 0.140 e. The summed E-state index contributed by atoms with van der Waals surface area (Å²) in [5, 5.41) is 0. The van der Waals surface area contributed by atoms with Crippen molar-refractivity contribution in [2.75, 3.05) is 6.61 Å². The number of benzene rings is 1. The van der Waals surface area contributed by atoms with Gasteiger partial charge in [-0.15, -0.1) is 11.6 Å². The van der Waals surface area contributed by atoms with Crippen LogP contribution in [-0.4, -0.2) is 16.0 Å². The molecule has 0 aliphatic carbocycles. The van der Waals surface area contributed by atoms with Crippen LogP contribution in [-0.2, 0) is 5.88 Å². The van der Waals surface area contributed by atoms with Gasteiger partial charge in [0.05, 0.1) is 17.3 Å². The zero-order valence-electron chi connectivity index (χ0n) is 13.3. The van der Waals surface area contributed by atoms with E-state index < -0.39 is 0 Å². The second kappa shape index (κ2) is 6.47. The number of aromatic nitrogens is 2. The summed E-state index contributed by atoms with van der Waals surface area (Å²) in [5.74, 6) is 1.23. The molecule has 0 spiro atoms. The molecule has 4 heteroatoms. The Labute approximate surface area is 141 Å². The van der Waals surface area contributed by atoms with Crippen LogP contribution >= 0.6 is 11.6 Å². The maximum absolute atomic E-state index is 6.18. The summed E-state index contributed by atoms with van der Waals surface area (Å²) >= 11 is 6.18. The maximum atomic E-state index is 6.18. The van der Waals surface area contributed by atoms with Crippen LogP contribution in [0.25, 0.3) is 16.9 Å². The largest absolute Gasteiger partial charge is 0.489 e. The topological polar surface area (TPSA) is 26.5 Å². The number of hydrogen-bond donors (Lipinski definition) is 0. The molecule has 0 bridgehead atoms. The number of aryl methyl sites for hydroxylation is 1. The molecule has 0 aliphatic rings. The predicted octanol–water partition coefficient (Wildman–Crippen LogP) is 5.00. The van der Waals surface area contributed by atoms with Gasteiger partial charge in [-0.25, -0.2) is 4.98 Å². The molecule has 0 saturated heterocycles. The third kappa shape index (κ3) is 3.10. The van der Waals surface area contributed by atoms with Crippen LogP contribution in [0.5, 0.6) is 5.75 Å². The van der Waals surface area contributed by atoms with Gasteiger partial charge in [0.1, 0.15) is 18.0 Å². The minimum atomic E-state index is 0.411. The summed E-state index contributed by atoms with van der Waals surface area (Å²) < 4.78 is 7.70. The minimum Gasteiger partial charge on any atom is -0.489 e. The van der Waals surface area contributed by atoms with E-state index >= 15 is 0 Å². The van der Waals surface area contributed by atoms with E-state index in [1.165, 1.54) is 0 Å². The first kappa shape index (κ1) is 15.6. The number of fused-ring (bicyclic) bond motifs is 1. The van der Waals surface area contributed by atoms with Gasteiger partial charge in [-0.05, 0) is 55.3 Å². The number of alkyl halides is 1. The Morgan fingerprint density at radius 3 is 2.65 bits per heavy atom. The molecule has 0 unspecified atom stereocenters. The van der Waals surface area contributed by atoms with Crippen LogP contribution in [0.4, 0.5) is 0 Å². The SMILES string of the molecule is C=C(C)COc1ccc(-c2nc3c(C)cccn3c2CCl)cc1. The first-order chi connectivity index (χ1) is 11.1. The second-order valence-electron chi connectivity index (χ2n) is 5.70. The minimum absolute atomic E-state index is 0.411. The Hall–Kier alpha value is -2.26. The number of hydrogen-bond acceptors (Lipinski definition) is 2. The first-order valence-electron chi connectivity index (χ1n) is 7.50. The summed E-state index contributed by atoms with van der Waals surface area (Å²) in [4.78, 5) is 4.78. The lowest BCUT2D eigenvalue weighted by Crippen LogP contribution is -1.97. The third-order valence-corrected chi connectivity index (χ3v) is 3.94. The number of halogens is 1. The third-order valence-electron chi connectivity index (χ3n) is 3.68. The molecule has 0 N–H and O–H groups in total. The zero-order valence-corrected chi connectivity index (χ0v) is 14.1. The molecule has 0 aliphatic heterocycles. The first-order valence-corrected chi connectivity index (χ1v) is 8.03. The fourth-order valence-electron chi connectivity index (χ4n) is 2.53. The van der Waals surface area contributed by atoms with Crippen molar-refractivity contribution in [1.82, 2.24) is 9.38 Å². The average molecular weight is 327 g/mol. The Morgan fingerprint density at radius 2 is 2.00 bits per heavy atom. The molecule has 0 atom stereocenters. The monoisotopic (exact) mass is 326 g/mol. The highest BCUT2D eigenvalue weighted by atomic mass is 35.5. The van der Waals surface area contributed by atoms with Crippen LogP contribution in [0, 0.1) is 6.92 Å². The second-order valence-corrected chi connectivity index (χ2v) is 5.96. The van der Waals surface area contributed by atoms with Crippen molar-refractivity contribution in [3.8, 4) is 17.0 Å². The van der Waals surface area contributed by atoms with Crippen molar-refractivity contribution in [3.63, 3.8) is 0 Å². The highest BCUT2D eigenvalue weighted by molar-refractivity contribution is 6.17. The van der Waals surface area contributed by atoms with Gasteiger partial charge >= 0.3 is 0 Å². The quantitative estimate of drug-likeness (QED) is 0.487. The van der Waals surface area contributed by atoms with E-state index in [1.54, 1.807) is 0 Å². The molecular weight excluding hydrogens is 308 g/mol. The molecule has 0 fully saturated rings. The molecule has 0 radical (unpaired) electrons. The molecule has 118 valence electrons. The molecule has 3 nitrogen and oxygen atoms in total. The van der Waals surface area contributed by atoms with Crippen molar-refractivity contribution in [2.45, 2.75) is 19.7 Å². The van der Waals surface area contributed by atoms with E-state index in [-0.39, 0.29) is 0 Å². The van der Waals surface area contributed by atoms with Gasteiger partial charge in [0.25, 0.3) is 0 Å². The van der Waals surface area contributed by atoms with Gasteiger partial charge in [0.2, 0.25) is 0 Å². The molecule has 1 aromatic carbocycles. The standard InChI is InChI=1S/C19H19ClN2O/c1-13(2)12-23-16-8-6-15(7-9-16)18-17(11-20)22-10-4-5-14(3)19(22)21-18/h4-10H,1,11-12H2,2-3H3. The molecule has 3 rings (SSSR count). The van der Waals surface area contributed by atoms with Crippen LogP contribution in [0.1, 0.15) is 18.2 Å². The van der Waals surface area contributed by atoms with E-state index in [0.29, 0.717) is 12.5 Å². The molecule has 3 aromatic rings. The Bertz CT molecular complexity index is 850. The Kier molecular flexibility index (Phi) is 4.39. The summed E-state index contributed by atoms with van der Waals surface area (Å²) in [5.41, 5.74) is 6.02. The molecule has 2 aromatic heterocycles. The lowest BCUT2D eigenvalue weighted by atomic mass is 10.1. The highest BCUT2D eigenvalue weighted by Crippen LogP contribution is 2.28. The molecule has 0 amide bonds. The van der Waals surface area contributed by atoms with Crippen molar-refractivity contribution in [1.29, 1.82) is 0 Å². The van der Waals surface area contributed by atoms with Gasteiger partial charge in [-0.2, -0.15) is 0 Å². The number of nitrogens with zero attached hydrogens (tertiary/aromatic N) is 2. The van der Waals surface area contributed by atoms with Gasteiger partial charge in [-0.1, -0.05) is 12.6 Å². The molecule has 0 saturated carbocycles. The van der Waals surface area contributed by atoms with Crippen molar-refractivity contribution in [2.24, 2.45) is 0 Å². The predicted molar refractivity (Wildman–Crippen MR) is 95.2 cm³/mol. The van der Waals surface area contributed by atoms with E-state index in [2.05, 4.69) is 24.0 Å². The highest BCUT2D eigenvalue weighted by Gasteiger charge is 2.14. The van der Waals surface area contributed by atoms with Crippen molar-refractivity contribution < 1.29 is 4.74 Å². The van der Waals surface area contributed by atoms with Crippen LogP contribution in [0.15, 0.2) is 54.7 Å². The summed E-state index contributed by atoms with van der Waals surface area (Å²) in [7, 11) is 0. The van der Waals surface area contributed by atoms with Crippen LogP contribution in [0.3, 0.4) is 0 Å². The molecular formula is C19H19ClN2O. The fourth-order valence-corrected chi connectivity index (χ4v) is 2.78. The Balaban J connectivity index is 1.99. The molecule has 23 heavy (non-hydrogen) atoms. The van der Waals surface area contributed by atoms with Gasteiger partial charge in [-0.3, -0.25) is 0 Å². The normalized spacial score (nSPS) is 10.9. The summed E-state index contributed by atoms with van der Waals surface area (Å²) in [6.45, 7) is 8.36. The number of ether oxygens (including phenoxy) is 1. The zero-order chi connectivity index (χ0) is 16.4. The van der Waals surface area contributed by atoms with E-state index in [0.717, 1.165) is 39.5 Å². The van der Waals surface area contributed by atoms with Crippen molar-refractivity contribution in [3.05, 3.63) is 66.0 Å².